The Morgan fingerprint density at radius 1 is 1.50 bits per heavy atom. The van der Waals surface area contributed by atoms with Crippen LogP contribution in [0.1, 0.15) is 6.92 Å². The zero-order chi connectivity index (χ0) is 11.2. The van der Waals surface area contributed by atoms with Crippen molar-refractivity contribution in [2.75, 3.05) is 41.0 Å². The second-order valence-corrected chi connectivity index (χ2v) is 3.64. The lowest BCUT2D eigenvalue weighted by atomic mass is 10.0. The minimum Gasteiger partial charge on any atom is -0.468 e. The highest BCUT2D eigenvalue weighted by molar-refractivity contribution is 5.80. The van der Waals surface area contributed by atoms with Crippen molar-refractivity contribution in [3.05, 3.63) is 0 Å². The lowest BCUT2D eigenvalue weighted by Crippen LogP contribution is -2.54. The van der Waals surface area contributed by atoms with Crippen LogP contribution in [0, 0.1) is 0 Å². The van der Waals surface area contributed by atoms with E-state index in [0.717, 1.165) is 6.54 Å². The highest BCUT2D eigenvalue weighted by atomic mass is 16.5. The maximum atomic E-state index is 11.2. The number of nitrogens with two attached hydrogens (primary N) is 1. The molecule has 0 aliphatic carbocycles. The van der Waals surface area contributed by atoms with Crippen molar-refractivity contribution in [3.8, 4) is 0 Å². The summed E-state index contributed by atoms with van der Waals surface area (Å²) in [6.07, 6.45) is 0. The largest absolute Gasteiger partial charge is 0.468 e. The zero-order valence-electron chi connectivity index (χ0n) is 9.37. The average Bonchev–Trinajstić information content (AvgIpc) is 2.12. The third-order valence-electron chi connectivity index (χ3n) is 1.93. The Morgan fingerprint density at radius 2 is 2.07 bits per heavy atom. The number of carbonyl (C=O) groups excluding carboxylic acids is 1. The van der Waals surface area contributed by atoms with E-state index in [4.69, 9.17) is 10.5 Å². The Labute approximate surface area is 85.1 Å². The molecule has 2 N–H and O–H groups in total. The Balaban J connectivity index is 4.01. The van der Waals surface area contributed by atoms with E-state index in [1.807, 2.05) is 11.9 Å². The lowest BCUT2D eigenvalue weighted by molar-refractivity contribution is -0.147. The molecule has 0 aromatic carbocycles. The maximum Gasteiger partial charge on any atom is 0.326 e. The molecule has 0 saturated carbocycles. The molecule has 0 aromatic heterocycles. The standard InChI is InChI=1S/C9H20N2O3/c1-9(10,8(12)14-4)7-11(2)5-6-13-3/h5-7,10H2,1-4H3. The van der Waals surface area contributed by atoms with Gasteiger partial charge in [-0.1, -0.05) is 0 Å². The molecule has 0 aliphatic rings. The molecular weight excluding hydrogens is 184 g/mol. The van der Waals surface area contributed by atoms with E-state index in [-0.39, 0.29) is 0 Å². The first-order chi connectivity index (χ1) is 6.44. The van der Waals surface area contributed by atoms with Crippen LogP contribution in [0.4, 0.5) is 0 Å². The van der Waals surface area contributed by atoms with Crippen LogP contribution in [0.3, 0.4) is 0 Å². The number of nitrogens with zero attached hydrogens (tertiary/aromatic N) is 1. The number of methoxy groups -OCH3 is 2. The molecule has 5 heteroatoms. The predicted octanol–water partition coefficient (Wildman–Crippen LogP) is -0.545. The Hall–Kier alpha value is -0.650. The number of likely N-dealkylation sites (N-methyl/N-ethyl adjacent to an activating group) is 1. The van der Waals surface area contributed by atoms with Gasteiger partial charge in [-0.2, -0.15) is 0 Å². The summed E-state index contributed by atoms with van der Waals surface area (Å²) in [5.74, 6) is -0.401. The van der Waals surface area contributed by atoms with Gasteiger partial charge in [-0.05, 0) is 14.0 Å². The second kappa shape index (κ2) is 5.95. The molecule has 84 valence electrons. The summed E-state index contributed by atoms with van der Waals surface area (Å²) in [6, 6.07) is 0. The summed E-state index contributed by atoms with van der Waals surface area (Å²) in [5.41, 5.74) is 4.83. The average molecular weight is 204 g/mol. The SMILES string of the molecule is COCCN(C)CC(C)(N)C(=O)OC. The number of hydrogen-bond acceptors (Lipinski definition) is 5. The van der Waals surface area contributed by atoms with E-state index < -0.39 is 11.5 Å². The number of carbonyl (C=O) groups is 1. The van der Waals surface area contributed by atoms with Crippen molar-refractivity contribution in [3.63, 3.8) is 0 Å². The first kappa shape index (κ1) is 13.4. The maximum absolute atomic E-state index is 11.2. The number of ether oxygens (including phenoxy) is 2. The predicted molar refractivity (Wildman–Crippen MR) is 54.0 cm³/mol. The number of rotatable bonds is 6. The molecule has 0 radical (unpaired) electrons. The molecule has 0 heterocycles. The van der Waals surface area contributed by atoms with Crippen LogP contribution in [0.5, 0.6) is 0 Å². The third kappa shape index (κ3) is 4.55. The van der Waals surface area contributed by atoms with Gasteiger partial charge in [0.2, 0.25) is 0 Å². The first-order valence-electron chi connectivity index (χ1n) is 4.49. The van der Waals surface area contributed by atoms with Crippen molar-refractivity contribution in [2.45, 2.75) is 12.5 Å². The van der Waals surface area contributed by atoms with Gasteiger partial charge in [-0.3, -0.25) is 4.79 Å². The Kier molecular flexibility index (Phi) is 5.68. The number of esters is 1. The first-order valence-corrected chi connectivity index (χ1v) is 4.49. The summed E-state index contributed by atoms with van der Waals surface area (Å²) in [4.78, 5) is 13.2. The monoisotopic (exact) mass is 204 g/mol. The van der Waals surface area contributed by atoms with Crippen LogP contribution in [0.25, 0.3) is 0 Å². The highest BCUT2D eigenvalue weighted by Crippen LogP contribution is 2.03. The molecule has 0 aliphatic heterocycles. The molecular formula is C9H20N2O3. The van der Waals surface area contributed by atoms with Gasteiger partial charge in [0.05, 0.1) is 13.7 Å². The quantitative estimate of drug-likeness (QED) is 0.588. The van der Waals surface area contributed by atoms with Crippen molar-refractivity contribution in [1.29, 1.82) is 0 Å². The fourth-order valence-corrected chi connectivity index (χ4v) is 1.18. The van der Waals surface area contributed by atoms with E-state index >= 15 is 0 Å². The molecule has 14 heavy (non-hydrogen) atoms. The van der Waals surface area contributed by atoms with Crippen molar-refractivity contribution in [1.82, 2.24) is 4.90 Å². The van der Waals surface area contributed by atoms with Gasteiger partial charge in [0.1, 0.15) is 5.54 Å². The van der Waals surface area contributed by atoms with Crippen LogP contribution < -0.4 is 5.73 Å². The van der Waals surface area contributed by atoms with Gasteiger partial charge < -0.3 is 20.1 Å². The Bertz CT molecular complexity index is 183. The van der Waals surface area contributed by atoms with Crippen molar-refractivity contribution >= 4 is 5.97 Å². The van der Waals surface area contributed by atoms with Gasteiger partial charge in [-0.25, -0.2) is 0 Å². The van der Waals surface area contributed by atoms with Gasteiger partial charge in [0, 0.05) is 20.2 Å². The number of hydrogen-bond donors (Lipinski definition) is 1. The summed E-state index contributed by atoms with van der Waals surface area (Å²) in [5, 5.41) is 0. The molecule has 0 aromatic rings. The van der Waals surface area contributed by atoms with E-state index in [9.17, 15) is 4.79 Å². The van der Waals surface area contributed by atoms with Crippen molar-refractivity contribution in [2.24, 2.45) is 5.73 Å². The van der Waals surface area contributed by atoms with Crippen LogP contribution in [-0.4, -0.2) is 57.4 Å². The molecule has 0 spiro atoms. The lowest BCUT2D eigenvalue weighted by Gasteiger charge is -2.27. The summed E-state index contributed by atoms with van der Waals surface area (Å²) >= 11 is 0. The molecule has 1 unspecified atom stereocenters. The van der Waals surface area contributed by atoms with E-state index in [1.165, 1.54) is 7.11 Å². The van der Waals surface area contributed by atoms with E-state index in [2.05, 4.69) is 4.74 Å². The molecule has 0 saturated heterocycles. The smallest absolute Gasteiger partial charge is 0.326 e. The normalized spacial score (nSPS) is 15.3. The van der Waals surface area contributed by atoms with Gasteiger partial charge in [-0.15, -0.1) is 0 Å². The van der Waals surface area contributed by atoms with E-state index in [1.54, 1.807) is 14.0 Å². The molecule has 1 atom stereocenters. The minimum absolute atomic E-state index is 0.401. The van der Waals surface area contributed by atoms with Crippen LogP contribution in [-0.2, 0) is 14.3 Å². The highest BCUT2D eigenvalue weighted by Gasteiger charge is 2.30. The fourth-order valence-electron chi connectivity index (χ4n) is 1.18. The van der Waals surface area contributed by atoms with Gasteiger partial charge >= 0.3 is 5.97 Å². The minimum atomic E-state index is -0.961. The molecule has 0 fully saturated rings. The molecule has 0 bridgehead atoms. The summed E-state index contributed by atoms with van der Waals surface area (Å²) in [7, 11) is 4.85. The molecule has 0 rings (SSSR count). The topological polar surface area (TPSA) is 64.8 Å². The Morgan fingerprint density at radius 3 is 2.50 bits per heavy atom. The van der Waals surface area contributed by atoms with Crippen LogP contribution >= 0.6 is 0 Å². The zero-order valence-corrected chi connectivity index (χ0v) is 9.37. The molecule has 0 amide bonds. The molecule has 5 nitrogen and oxygen atoms in total. The van der Waals surface area contributed by atoms with E-state index in [0.29, 0.717) is 13.2 Å². The second-order valence-electron chi connectivity index (χ2n) is 3.64. The fraction of sp³-hybridized carbons (Fsp3) is 0.889. The summed E-state index contributed by atoms with van der Waals surface area (Å²) < 4.78 is 9.51. The van der Waals surface area contributed by atoms with Gasteiger partial charge in [0.25, 0.3) is 0 Å². The third-order valence-corrected chi connectivity index (χ3v) is 1.93. The van der Waals surface area contributed by atoms with Gasteiger partial charge in [0.15, 0.2) is 0 Å². The summed E-state index contributed by atoms with van der Waals surface area (Å²) in [6.45, 7) is 3.46. The van der Waals surface area contributed by atoms with Crippen LogP contribution in [0.15, 0.2) is 0 Å². The van der Waals surface area contributed by atoms with Crippen LogP contribution in [0.2, 0.25) is 0 Å². The van der Waals surface area contributed by atoms with Crippen molar-refractivity contribution < 1.29 is 14.3 Å².